The number of benzene rings is 1. The van der Waals surface area contributed by atoms with E-state index in [1.807, 2.05) is 12.1 Å². The van der Waals surface area contributed by atoms with Crippen LogP contribution in [0.2, 0.25) is 0 Å². The van der Waals surface area contributed by atoms with Crippen LogP contribution in [0, 0.1) is 11.8 Å². The highest BCUT2D eigenvalue weighted by molar-refractivity contribution is 5.89. The normalized spacial score (nSPS) is 29.5. The first-order valence-corrected chi connectivity index (χ1v) is 7.66. The van der Waals surface area contributed by atoms with Crippen molar-refractivity contribution in [1.82, 2.24) is 0 Å². The smallest absolute Gasteiger partial charge is 0.335 e. The third-order valence-electron chi connectivity index (χ3n) is 4.77. The fourth-order valence-corrected chi connectivity index (χ4v) is 3.76. The van der Waals surface area contributed by atoms with Crippen molar-refractivity contribution >= 4 is 11.9 Å². The molecule has 0 aromatic heterocycles. The molecule has 1 aromatic carbocycles. The molecule has 1 N–H and O–H groups in total. The Morgan fingerprint density at radius 3 is 2.59 bits per heavy atom. The summed E-state index contributed by atoms with van der Waals surface area (Å²) < 4.78 is 11.2. The zero-order chi connectivity index (χ0) is 15.7. The van der Waals surface area contributed by atoms with Crippen LogP contribution < -0.4 is 0 Å². The SMILES string of the molecule is CC(=O)OC[C@H]1[C@@H](Cc2ccccc2C(=O)O)[C@@H]2CC[C@H]1O2. The molecule has 2 fully saturated rings. The third-order valence-corrected chi connectivity index (χ3v) is 4.77. The van der Waals surface area contributed by atoms with E-state index in [-0.39, 0.29) is 30.0 Å². The number of carboxylic acid groups (broad SMARTS) is 1. The molecule has 2 saturated heterocycles. The van der Waals surface area contributed by atoms with Crippen molar-refractivity contribution in [3.05, 3.63) is 35.4 Å². The van der Waals surface area contributed by atoms with Crippen molar-refractivity contribution in [1.29, 1.82) is 0 Å². The monoisotopic (exact) mass is 304 g/mol. The predicted octanol–water partition coefficient (Wildman–Crippen LogP) is 2.28. The van der Waals surface area contributed by atoms with Crippen LogP contribution in [0.4, 0.5) is 0 Å². The Morgan fingerprint density at radius 2 is 1.91 bits per heavy atom. The van der Waals surface area contributed by atoms with Gasteiger partial charge in [-0.1, -0.05) is 18.2 Å². The van der Waals surface area contributed by atoms with Crippen molar-refractivity contribution in [2.45, 2.75) is 38.4 Å². The highest BCUT2D eigenvalue weighted by Gasteiger charge is 2.49. The van der Waals surface area contributed by atoms with Crippen LogP contribution in [0.5, 0.6) is 0 Å². The molecule has 2 aliphatic heterocycles. The summed E-state index contributed by atoms with van der Waals surface area (Å²) in [5.74, 6) is -0.827. The Balaban J connectivity index is 1.78. The van der Waals surface area contributed by atoms with E-state index in [2.05, 4.69) is 0 Å². The summed E-state index contributed by atoms with van der Waals surface area (Å²) in [5.41, 5.74) is 1.17. The van der Waals surface area contributed by atoms with E-state index in [4.69, 9.17) is 9.47 Å². The first-order chi connectivity index (χ1) is 10.6. The molecule has 1 aromatic rings. The Labute approximate surface area is 129 Å². The summed E-state index contributed by atoms with van der Waals surface area (Å²) >= 11 is 0. The average Bonchev–Trinajstić information content (AvgIpc) is 3.07. The van der Waals surface area contributed by atoms with Gasteiger partial charge in [0.1, 0.15) is 0 Å². The Hall–Kier alpha value is -1.88. The second kappa shape index (κ2) is 6.08. The maximum absolute atomic E-state index is 11.4. The van der Waals surface area contributed by atoms with Crippen molar-refractivity contribution in [2.75, 3.05) is 6.61 Å². The fourth-order valence-electron chi connectivity index (χ4n) is 3.76. The van der Waals surface area contributed by atoms with E-state index in [1.54, 1.807) is 12.1 Å². The maximum Gasteiger partial charge on any atom is 0.335 e. The molecule has 0 aliphatic carbocycles. The lowest BCUT2D eigenvalue weighted by molar-refractivity contribution is -0.143. The zero-order valence-corrected chi connectivity index (χ0v) is 12.5. The van der Waals surface area contributed by atoms with E-state index in [0.29, 0.717) is 18.6 Å². The number of hydrogen-bond acceptors (Lipinski definition) is 4. The van der Waals surface area contributed by atoms with Crippen LogP contribution in [-0.2, 0) is 20.7 Å². The first kappa shape index (κ1) is 15.0. The lowest BCUT2D eigenvalue weighted by Gasteiger charge is -2.28. The summed E-state index contributed by atoms with van der Waals surface area (Å²) in [7, 11) is 0. The summed E-state index contributed by atoms with van der Waals surface area (Å²) in [6.45, 7) is 1.76. The van der Waals surface area contributed by atoms with Gasteiger partial charge >= 0.3 is 11.9 Å². The fraction of sp³-hybridized carbons (Fsp3) is 0.529. The predicted molar refractivity (Wildman–Crippen MR) is 78.6 cm³/mol. The van der Waals surface area contributed by atoms with Gasteiger partial charge in [-0.2, -0.15) is 0 Å². The van der Waals surface area contributed by atoms with E-state index in [0.717, 1.165) is 18.4 Å². The molecule has 2 bridgehead atoms. The molecule has 0 spiro atoms. The number of aromatic carboxylic acids is 1. The summed E-state index contributed by atoms with van der Waals surface area (Å²) in [6.07, 6.45) is 2.92. The lowest BCUT2D eigenvalue weighted by Crippen LogP contribution is -2.33. The second-order valence-corrected chi connectivity index (χ2v) is 6.09. The Kier molecular flexibility index (Phi) is 4.16. The molecule has 0 unspecified atom stereocenters. The number of carbonyl (C=O) groups excluding carboxylic acids is 1. The van der Waals surface area contributed by atoms with Gasteiger partial charge in [-0.25, -0.2) is 4.79 Å². The topological polar surface area (TPSA) is 72.8 Å². The van der Waals surface area contributed by atoms with Crippen molar-refractivity contribution in [3.8, 4) is 0 Å². The molecule has 0 amide bonds. The number of rotatable bonds is 5. The van der Waals surface area contributed by atoms with Crippen LogP contribution in [0.3, 0.4) is 0 Å². The van der Waals surface area contributed by atoms with E-state index >= 15 is 0 Å². The minimum Gasteiger partial charge on any atom is -0.478 e. The number of hydrogen-bond donors (Lipinski definition) is 1. The van der Waals surface area contributed by atoms with Gasteiger partial charge < -0.3 is 14.6 Å². The van der Waals surface area contributed by atoms with Gasteiger partial charge in [0, 0.05) is 12.8 Å². The Morgan fingerprint density at radius 1 is 1.23 bits per heavy atom. The minimum atomic E-state index is -0.906. The van der Waals surface area contributed by atoms with Gasteiger partial charge in [-0.15, -0.1) is 0 Å². The van der Waals surface area contributed by atoms with Crippen molar-refractivity contribution < 1.29 is 24.2 Å². The molecular formula is C17H20O5. The molecule has 2 aliphatic rings. The number of esters is 1. The highest BCUT2D eigenvalue weighted by atomic mass is 16.5. The number of ether oxygens (including phenoxy) is 2. The molecule has 22 heavy (non-hydrogen) atoms. The molecule has 4 atom stereocenters. The van der Waals surface area contributed by atoms with Gasteiger partial charge in [0.25, 0.3) is 0 Å². The van der Waals surface area contributed by atoms with Gasteiger partial charge in [-0.05, 0) is 36.8 Å². The van der Waals surface area contributed by atoms with Gasteiger partial charge in [0.2, 0.25) is 0 Å². The molecule has 5 heteroatoms. The van der Waals surface area contributed by atoms with Crippen LogP contribution in [0.25, 0.3) is 0 Å². The first-order valence-electron chi connectivity index (χ1n) is 7.66. The minimum absolute atomic E-state index is 0.131. The van der Waals surface area contributed by atoms with Crippen LogP contribution in [-0.4, -0.2) is 35.9 Å². The van der Waals surface area contributed by atoms with Crippen molar-refractivity contribution in [2.24, 2.45) is 11.8 Å². The molecular weight excluding hydrogens is 284 g/mol. The zero-order valence-electron chi connectivity index (χ0n) is 12.5. The molecule has 0 radical (unpaired) electrons. The number of fused-ring (bicyclic) bond motifs is 2. The van der Waals surface area contributed by atoms with E-state index < -0.39 is 5.97 Å². The van der Waals surface area contributed by atoms with Gasteiger partial charge in [0.15, 0.2) is 0 Å². The van der Waals surface area contributed by atoms with E-state index in [1.165, 1.54) is 6.92 Å². The summed E-state index contributed by atoms with van der Waals surface area (Å²) in [5, 5.41) is 9.31. The third kappa shape index (κ3) is 2.86. The van der Waals surface area contributed by atoms with Crippen LogP contribution >= 0.6 is 0 Å². The quantitative estimate of drug-likeness (QED) is 0.845. The molecule has 118 valence electrons. The number of carboxylic acids is 1. The Bertz CT molecular complexity index is 582. The van der Waals surface area contributed by atoms with Crippen molar-refractivity contribution in [3.63, 3.8) is 0 Å². The maximum atomic E-state index is 11.4. The van der Waals surface area contributed by atoms with E-state index in [9.17, 15) is 14.7 Å². The van der Waals surface area contributed by atoms with Crippen LogP contribution in [0.1, 0.15) is 35.7 Å². The van der Waals surface area contributed by atoms with Gasteiger partial charge in [0.05, 0.1) is 24.4 Å². The molecule has 2 heterocycles. The average molecular weight is 304 g/mol. The van der Waals surface area contributed by atoms with Crippen LogP contribution in [0.15, 0.2) is 24.3 Å². The highest BCUT2D eigenvalue weighted by Crippen LogP contribution is 2.45. The standard InChI is InChI=1S/C17H20O5/c1-10(18)21-9-14-13(15-6-7-16(14)22-15)8-11-4-2-3-5-12(11)17(19)20/h2-5,13-16H,6-9H2,1H3,(H,19,20)/t13-,14+,15+,16-/m1/s1. The largest absolute Gasteiger partial charge is 0.478 e. The molecule has 5 nitrogen and oxygen atoms in total. The van der Waals surface area contributed by atoms with Gasteiger partial charge in [-0.3, -0.25) is 4.79 Å². The lowest BCUT2D eigenvalue weighted by atomic mass is 9.76. The summed E-state index contributed by atoms with van der Waals surface area (Å²) in [4.78, 5) is 22.4. The second-order valence-electron chi connectivity index (χ2n) is 6.09. The number of carbonyl (C=O) groups is 2. The molecule has 0 saturated carbocycles. The summed E-state index contributed by atoms with van der Waals surface area (Å²) in [6, 6.07) is 7.09. The molecule has 3 rings (SSSR count).